The molecule has 0 saturated heterocycles. The van der Waals surface area contributed by atoms with Gasteiger partial charge in [-0.25, -0.2) is 0 Å². The van der Waals surface area contributed by atoms with Crippen LogP contribution in [0.4, 0.5) is 0 Å². The Labute approximate surface area is 78.1 Å². The summed E-state index contributed by atoms with van der Waals surface area (Å²) >= 11 is 0. The number of nitrogens with zero attached hydrogens (tertiary/aromatic N) is 1. The molecule has 1 atom stereocenters. The molecule has 1 aromatic rings. The molecule has 0 fully saturated rings. The fourth-order valence-corrected chi connectivity index (χ4v) is 1.60. The van der Waals surface area contributed by atoms with E-state index in [1.165, 1.54) is 5.06 Å². The SMILES string of the molecule is ON1CCC=CC1c1ccccc1. The molecule has 0 aromatic heterocycles. The van der Waals surface area contributed by atoms with E-state index in [2.05, 4.69) is 6.08 Å². The third kappa shape index (κ3) is 1.79. The first-order valence-corrected chi connectivity index (χ1v) is 4.55. The van der Waals surface area contributed by atoms with Crippen LogP contribution in [-0.2, 0) is 0 Å². The summed E-state index contributed by atoms with van der Waals surface area (Å²) in [5, 5.41) is 11.0. The van der Waals surface area contributed by atoms with Crippen LogP contribution < -0.4 is 0 Å². The third-order valence-electron chi connectivity index (χ3n) is 2.31. The van der Waals surface area contributed by atoms with Crippen LogP contribution in [-0.4, -0.2) is 16.8 Å². The summed E-state index contributed by atoms with van der Waals surface area (Å²) in [7, 11) is 0. The molecule has 2 nitrogen and oxygen atoms in total. The van der Waals surface area contributed by atoms with Gasteiger partial charge in [-0.1, -0.05) is 42.5 Å². The lowest BCUT2D eigenvalue weighted by Gasteiger charge is -2.26. The summed E-state index contributed by atoms with van der Waals surface area (Å²) in [6, 6.07) is 10.1. The molecule has 13 heavy (non-hydrogen) atoms. The van der Waals surface area contributed by atoms with Gasteiger partial charge in [-0.2, -0.15) is 5.06 Å². The highest BCUT2D eigenvalue weighted by Gasteiger charge is 2.17. The van der Waals surface area contributed by atoms with Crippen molar-refractivity contribution < 1.29 is 5.21 Å². The summed E-state index contributed by atoms with van der Waals surface area (Å²) < 4.78 is 0. The maximum Gasteiger partial charge on any atom is 0.0780 e. The lowest BCUT2D eigenvalue weighted by atomic mass is 10.0. The van der Waals surface area contributed by atoms with E-state index in [-0.39, 0.29) is 6.04 Å². The predicted octanol–water partition coefficient (Wildman–Crippen LogP) is 2.38. The highest BCUT2D eigenvalue weighted by atomic mass is 16.5. The standard InChI is InChI=1S/C11H13NO/c13-12-9-5-4-8-11(12)10-6-2-1-3-7-10/h1-4,6-8,11,13H,5,9H2. The van der Waals surface area contributed by atoms with Gasteiger partial charge in [-0.3, -0.25) is 0 Å². The van der Waals surface area contributed by atoms with Crippen LogP contribution in [0.1, 0.15) is 18.0 Å². The van der Waals surface area contributed by atoms with Crippen LogP contribution in [0.5, 0.6) is 0 Å². The van der Waals surface area contributed by atoms with Crippen molar-refractivity contribution in [2.75, 3.05) is 6.54 Å². The van der Waals surface area contributed by atoms with Crippen molar-refractivity contribution >= 4 is 0 Å². The fourth-order valence-electron chi connectivity index (χ4n) is 1.60. The van der Waals surface area contributed by atoms with Crippen molar-refractivity contribution in [1.29, 1.82) is 0 Å². The quantitative estimate of drug-likeness (QED) is 0.662. The Morgan fingerprint density at radius 3 is 2.69 bits per heavy atom. The Balaban J connectivity index is 2.25. The first kappa shape index (κ1) is 8.48. The molecule has 1 aliphatic heterocycles. The number of hydrogen-bond donors (Lipinski definition) is 1. The zero-order valence-electron chi connectivity index (χ0n) is 7.43. The number of hydroxylamine groups is 2. The van der Waals surface area contributed by atoms with E-state index in [1.807, 2.05) is 36.4 Å². The van der Waals surface area contributed by atoms with Crippen molar-refractivity contribution in [2.24, 2.45) is 0 Å². The van der Waals surface area contributed by atoms with Gasteiger partial charge in [0.15, 0.2) is 0 Å². The zero-order valence-corrected chi connectivity index (χ0v) is 7.43. The average Bonchev–Trinajstić information content (AvgIpc) is 2.20. The van der Waals surface area contributed by atoms with Crippen molar-refractivity contribution in [3.63, 3.8) is 0 Å². The summed E-state index contributed by atoms with van der Waals surface area (Å²) in [5.41, 5.74) is 1.14. The lowest BCUT2D eigenvalue weighted by Crippen LogP contribution is -2.27. The smallest absolute Gasteiger partial charge is 0.0780 e. The Hall–Kier alpha value is -1.12. The fraction of sp³-hybridized carbons (Fsp3) is 0.273. The summed E-state index contributed by atoms with van der Waals surface area (Å²) in [4.78, 5) is 0. The van der Waals surface area contributed by atoms with Crippen molar-refractivity contribution in [1.82, 2.24) is 5.06 Å². The Kier molecular flexibility index (Phi) is 2.43. The van der Waals surface area contributed by atoms with Crippen LogP contribution in [0.3, 0.4) is 0 Å². The molecular formula is C11H13NO. The Morgan fingerprint density at radius 2 is 2.00 bits per heavy atom. The number of rotatable bonds is 1. The largest absolute Gasteiger partial charge is 0.313 e. The second-order valence-electron chi connectivity index (χ2n) is 3.24. The van der Waals surface area contributed by atoms with Crippen LogP contribution in [0.15, 0.2) is 42.5 Å². The second kappa shape index (κ2) is 3.73. The maximum atomic E-state index is 9.60. The molecule has 1 unspecified atom stereocenters. The molecular weight excluding hydrogens is 162 g/mol. The van der Waals surface area contributed by atoms with E-state index < -0.39 is 0 Å². The van der Waals surface area contributed by atoms with Gasteiger partial charge in [0.1, 0.15) is 0 Å². The molecule has 0 radical (unpaired) electrons. The third-order valence-corrected chi connectivity index (χ3v) is 2.31. The topological polar surface area (TPSA) is 23.5 Å². The molecule has 0 amide bonds. The van der Waals surface area contributed by atoms with Gasteiger partial charge in [-0.15, -0.1) is 0 Å². The van der Waals surface area contributed by atoms with Crippen LogP contribution in [0.2, 0.25) is 0 Å². The molecule has 0 aliphatic carbocycles. The molecule has 0 spiro atoms. The highest BCUT2D eigenvalue weighted by Crippen LogP contribution is 2.23. The van der Waals surface area contributed by atoms with Gasteiger partial charge in [0, 0.05) is 6.54 Å². The van der Waals surface area contributed by atoms with Crippen molar-refractivity contribution in [3.8, 4) is 0 Å². The predicted molar refractivity (Wildman–Crippen MR) is 51.4 cm³/mol. The van der Waals surface area contributed by atoms with E-state index >= 15 is 0 Å². The van der Waals surface area contributed by atoms with E-state index in [0.29, 0.717) is 0 Å². The van der Waals surface area contributed by atoms with Crippen LogP contribution in [0.25, 0.3) is 0 Å². The van der Waals surface area contributed by atoms with Crippen molar-refractivity contribution in [2.45, 2.75) is 12.5 Å². The first-order chi connectivity index (χ1) is 6.38. The highest BCUT2D eigenvalue weighted by molar-refractivity contribution is 5.23. The lowest BCUT2D eigenvalue weighted by molar-refractivity contribution is -0.117. The molecule has 1 N–H and O–H groups in total. The minimum Gasteiger partial charge on any atom is -0.313 e. The molecule has 0 saturated carbocycles. The monoisotopic (exact) mass is 175 g/mol. The van der Waals surface area contributed by atoms with Crippen LogP contribution >= 0.6 is 0 Å². The minimum atomic E-state index is 0.0370. The minimum absolute atomic E-state index is 0.0370. The summed E-state index contributed by atoms with van der Waals surface area (Å²) in [5.74, 6) is 0. The first-order valence-electron chi connectivity index (χ1n) is 4.55. The molecule has 2 heteroatoms. The Morgan fingerprint density at radius 1 is 1.23 bits per heavy atom. The molecule has 0 bridgehead atoms. The molecule has 68 valence electrons. The van der Waals surface area contributed by atoms with Gasteiger partial charge in [-0.05, 0) is 12.0 Å². The molecule has 1 aromatic carbocycles. The van der Waals surface area contributed by atoms with E-state index in [0.717, 1.165) is 18.5 Å². The summed E-state index contributed by atoms with van der Waals surface area (Å²) in [6.45, 7) is 0.718. The van der Waals surface area contributed by atoms with E-state index in [1.54, 1.807) is 0 Å². The van der Waals surface area contributed by atoms with Gasteiger partial charge in [0.05, 0.1) is 6.04 Å². The summed E-state index contributed by atoms with van der Waals surface area (Å²) in [6.07, 6.45) is 5.09. The normalized spacial score (nSPS) is 23.3. The van der Waals surface area contributed by atoms with Crippen LogP contribution in [0, 0.1) is 0 Å². The second-order valence-corrected chi connectivity index (χ2v) is 3.24. The van der Waals surface area contributed by atoms with Gasteiger partial charge in [0.2, 0.25) is 0 Å². The van der Waals surface area contributed by atoms with Crippen molar-refractivity contribution in [3.05, 3.63) is 48.0 Å². The van der Waals surface area contributed by atoms with E-state index in [4.69, 9.17) is 0 Å². The van der Waals surface area contributed by atoms with Gasteiger partial charge in [0.25, 0.3) is 0 Å². The molecule has 1 aliphatic rings. The molecule has 1 heterocycles. The molecule has 2 rings (SSSR count). The maximum absolute atomic E-state index is 9.60. The average molecular weight is 175 g/mol. The number of hydrogen-bond acceptors (Lipinski definition) is 2. The van der Waals surface area contributed by atoms with E-state index in [9.17, 15) is 5.21 Å². The zero-order chi connectivity index (χ0) is 9.10. The van der Waals surface area contributed by atoms with Gasteiger partial charge < -0.3 is 5.21 Å². The number of benzene rings is 1. The van der Waals surface area contributed by atoms with Gasteiger partial charge >= 0.3 is 0 Å². The Bertz CT molecular complexity index is 294.